The minimum absolute atomic E-state index is 0.0708. The van der Waals surface area contributed by atoms with Gasteiger partial charge in [-0.25, -0.2) is 0 Å². The average molecular weight is 338 g/mol. The Morgan fingerprint density at radius 3 is 2.12 bits per heavy atom. The summed E-state index contributed by atoms with van der Waals surface area (Å²) in [5, 5.41) is 0. The van der Waals surface area contributed by atoms with Crippen LogP contribution >= 0.6 is 0 Å². The smallest absolute Gasteiger partial charge is 0.305 e. The summed E-state index contributed by atoms with van der Waals surface area (Å²) in [6.07, 6.45) is 22.8. The molecular formula is C21H39NO2. The number of nitrogens with two attached hydrogens (primary N) is 1. The van der Waals surface area contributed by atoms with E-state index in [4.69, 9.17) is 10.5 Å². The predicted molar refractivity (Wildman–Crippen MR) is 104 cm³/mol. The van der Waals surface area contributed by atoms with Gasteiger partial charge in [0.05, 0.1) is 0 Å². The minimum Gasteiger partial charge on any atom is -0.464 e. The molecule has 0 saturated heterocycles. The number of hydrogen-bond acceptors (Lipinski definition) is 3. The fraction of sp³-hybridized carbons (Fsp3) is 0.762. The highest BCUT2D eigenvalue weighted by Gasteiger charge is 2.03. The number of rotatable bonds is 16. The van der Waals surface area contributed by atoms with E-state index in [-0.39, 0.29) is 12.0 Å². The van der Waals surface area contributed by atoms with Gasteiger partial charge in [0.2, 0.25) is 0 Å². The Morgan fingerprint density at radius 1 is 0.917 bits per heavy atom. The van der Waals surface area contributed by atoms with E-state index >= 15 is 0 Å². The van der Waals surface area contributed by atoms with Crippen LogP contribution in [0.15, 0.2) is 24.3 Å². The Balaban J connectivity index is 3.27. The Morgan fingerprint density at radius 2 is 1.50 bits per heavy atom. The quantitative estimate of drug-likeness (QED) is 0.223. The molecule has 0 aromatic heterocycles. The first-order valence-corrected chi connectivity index (χ1v) is 9.88. The summed E-state index contributed by atoms with van der Waals surface area (Å²) in [4.78, 5) is 11.4. The van der Waals surface area contributed by atoms with Crippen LogP contribution in [0.4, 0.5) is 0 Å². The zero-order valence-corrected chi connectivity index (χ0v) is 16.0. The van der Waals surface area contributed by atoms with E-state index in [9.17, 15) is 4.79 Å². The Labute approximate surface area is 149 Å². The molecule has 0 aromatic carbocycles. The number of carbonyl (C=O) groups excluding carboxylic acids is 1. The van der Waals surface area contributed by atoms with Crippen molar-refractivity contribution >= 4 is 5.97 Å². The molecule has 3 heteroatoms. The van der Waals surface area contributed by atoms with Gasteiger partial charge >= 0.3 is 5.97 Å². The molecule has 1 atom stereocenters. The molecule has 0 radical (unpaired) electrons. The Hall–Kier alpha value is -1.09. The third-order valence-corrected chi connectivity index (χ3v) is 3.84. The van der Waals surface area contributed by atoms with Gasteiger partial charge in [0.15, 0.2) is 0 Å². The van der Waals surface area contributed by atoms with Crippen molar-refractivity contribution in [2.75, 3.05) is 6.61 Å². The van der Waals surface area contributed by atoms with E-state index in [2.05, 4.69) is 31.2 Å². The second-order valence-electron chi connectivity index (χ2n) is 6.64. The highest BCUT2D eigenvalue weighted by molar-refractivity contribution is 5.69. The number of ether oxygens (including phenoxy) is 1. The lowest BCUT2D eigenvalue weighted by molar-refractivity contribution is -0.144. The molecule has 24 heavy (non-hydrogen) atoms. The second-order valence-corrected chi connectivity index (χ2v) is 6.64. The van der Waals surface area contributed by atoms with E-state index in [1.165, 1.54) is 51.4 Å². The first kappa shape index (κ1) is 22.9. The van der Waals surface area contributed by atoms with Crippen LogP contribution in [0.25, 0.3) is 0 Å². The fourth-order valence-electron chi connectivity index (χ4n) is 2.38. The van der Waals surface area contributed by atoms with Crippen molar-refractivity contribution < 1.29 is 9.53 Å². The van der Waals surface area contributed by atoms with Gasteiger partial charge in [-0.3, -0.25) is 4.79 Å². The van der Waals surface area contributed by atoms with Gasteiger partial charge in [-0.15, -0.1) is 0 Å². The van der Waals surface area contributed by atoms with E-state index in [1.54, 1.807) is 0 Å². The molecule has 0 rings (SSSR count). The fourth-order valence-corrected chi connectivity index (χ4v) is 2.38. The summed E-state index contributed by atoms with van der Waals surface area (Å²) in [5.74, 6) is -0.113. The van der Waals surface area contributed by atoms with Crippen LogP contribution in [0, 0.1) is 0 Å². The second kappa shape index (κ2) is 18.3. The van der Waals surface area contributed by atoms with Crippen LogP contribution < -0.4 is 5.73 Å². The molecule has 2 N–H and O–H groups in total. The molecular weight excluding hydrogens is 298 g/mol. The molecule has 0 aliphatic heterocycles. The molecule has 0 fully saturated rings. The maximum absolute atomic E-state index is 11.4. The number of allylic oxidation sites excluding steroid dienone is 4. The standard InChI is InChI=1S/C21H39NO2/c1-3-4-5-6-7-8-9-10-11-12-13-14-15-16-17-18-21(23)24-19-20(2)22/h7-8,10-11,20H,3-6,9,12-19,22H2,1-2H3/b8-7-,11-10-. The zero-order valence-electron chi connectivity index (χ0n) is 16.0. The predicted octanol–water partition coefficient (Wildman–Crippen LogP) is 5.69. The van der Waals surface area contributed by atoms with Crippen molar-refractivity contribution in [3.63, 3.8) is 0 Å². The van der Waals surface area contributed by atoms with Crippen LogP contribution in [-0.2, 0) is 9.53 Å². The normalized spacial score (nSPS) is 13.0. The van der Waals surface area contributed by atoms with Gasteiger partial charge < -0.3 is 10.5 Å². The van der Waals surface area contributed by atoms with Crippen LogP contribution in [0.3, 0.4) is 0 Å². The maximum atomic E-state index is 11.4. The third-order valence-electron chi connectivity index (χ3n) is 3.84. The van der Waals surface area contributed by atoms with Crippen LogP contribution in [0.1, 0.15) is 90.9 Å². The maximum Gasteiger partial charge on any atom is 0.305 e. The van der Waals surface area contributed by atoms with Crippen molar-refractivity contribution in [1.82, 2.24) is 0 Å². The minimum atomic E-state index is -0.113. The molecule has 3 nitrogen and oxygen atoms in total. The average Bonchev–Trinajstić information content (AvgIpc) is 2.56. The third kappa shape index (κ3) is 19.0. The summed E-state index contributed by atoms with van der Waals surface area (Å²) in [5.41, 5.74) is 5.54. The molecule has 1 unspecified atom stereocenters. The molecule has 0 aromatic rings. The van der Waals surface area contributed by atoms with Crippen molar-refractivity contribution in [2.24, 2.45) is 5.73 Å². The highest BCUT2D eigenvalue weighted by Crippen LogP contribution is 2.08. The Kier molecular flexibility index (Phi) is 17.4. The molecule has 0 saturated carbocycles. The number of unbranched alkanes of at least 4 members (excludes halogenated alkanes) is 8. The van der Waals surface area contributed by atoms with E-state index < -0.39 is 0 Å². The first-order chi connectivity index (χ1) is 11.7. The molecule has 0 heterocycles. The molecule has 140 valence electrons. The zero-order chi connectivity index (χ0) is 17.9. The van der Waals surface area contributed by atoms with Gasteiger partial charge in [-0.2, -0.15) is 0 Å². The van der Waals surface area contributed by atoms with Crippen LogP contribution in [0.5, 0.6) is 0 Å². The molecule has 0 amide bonds. The van der Waals surface area contributed by atoms with Gasteiger partial charge in [-0.05, 0) is 45.4 Å². The van der Waals surface area contributed by atoms with Crippen molar-refractivity contribution in [1.29, 1.82) is 0 Å². The van der Waals surface area contributed by atoms with E-state index in [0.717, 1.165) is 19.3 Å². The molecule has 0 bridgehead atoms. The van der Waals surface area contributed by atoms with Gasteiger partial charge in [0.25, 0.3) is 0 Å². The van der Waals surface area contributed by atoms with Gasteiger partial charge in [0, 0.05) is 12.5 Å². The van der Waals surface area contributed by atoms with Crippen molar-refractivity contribution in [3.8, 4) is 0 Å². The Bertz CT molecular complexity index is 335. The van der Waals surface area contributed by atoms with E-state index in [1.807, 2.05) is 6.92 Å². The summed E-state index contributed by atoms with van der Waals surface area (Å²) < 4.78 is 5.04. The molecule has 0 aliphatic carbocycles. The largest absolute Gasteiger partial charge is 0.464 e. The monoisotopic (exact) mass is 337 g/mol. The number of esters is 1. The summed E-state index contributed by atoms with van der Waals surface area (Å²) in [7, 11) is 0. The summed E-state index contributed by atoms with van der Waals surface area (Å²) in [6, 6.07) is -0.0708. The van der Waals surface area contributed by atoms with Crippen molar-refractivity contribution in [2.45, 2.75) is 96.9 Å². The van der Waals surface area contributed by atoms with Gasteiger partial charge in [0.1, 0.15) is 6.61 Å². The van der Waals surface area contributed by atoms with Crippen LogP contribution in [0.2, 0.25) is 0 Å². The highest BCUT2D eigenvalue weighted by atomic mass is 16.5. The lowest BCUT2D eigenvalue weighted by Gasteiger charge is -2.06. The van der Waals surface area contributed by atoms with Gasteiger partial charge in [-0.1, -0.05) is 63.3 Å². The lowest BCUT2D eigenvalue weighted by Crippen LogP contribution is -2.23. The van der Waals surface area contributed by atoms with Crippen LogP contribution in [-0.4, -0.2) is 18.6 Å². The number of hydrogen-bond donors (Lipinski definition) is 1. The topological polar surface area (TPSA) is 52.3 Å². The van der Waals surface area contributed by atoms with Crippen molar-refractivity contribution in [3.05, 3.63) is 24.3 Å². The number of carbonyl (C=O) groups is 1. The summed E-state index contributed by atoms with van der Waals surface area (Å²) >= 11 is 0. The SMILES string of the molecule is CCCCC/C=C\C/C=C\CCCCCCCC(=O)OCC(C)N. The molecule has 0 spiro atoms. The van der Waals surface area contributed by atoms with E-state index in [0.29, 0.717) is 13.0 Å². The lowest BCUT2D eigenvalue weighted by atomic mass is 10.1. The first-order valence-electron chi connectivity index (χ1n) is 9.88. The molecule has 0 aliphatic rings. The summed E-state index contributed by atoms with van der Waals surface area (Å²) in [6.45, 7) is 4.41.